The molecule has 0 saturated carbocycles. The summed E-state index contributed by atoms with van der Waals surface area (Å²) in [4.78, 5) is 34.5. The average Bonchev–Trinajstić information content (AvgIpc) is 3.30. The second kappa shape index (κ2) is 12.2. The van der Waals surface area contributed by atoms with Gasteiger partial charge in [0.15, 0.2) is 0 Å². The second-order valence-electron chi connectivity index (χ2n) is 11.8. The van der Waals surface area contributed by atoms with Gasteiger partial charge in [0.2, 0.25) is 5.91 Å². The molecule has 3 fully saturated rings. The molecule has 0 aliphatic carbocycles. The molecule has 3 aliphatic heterocycles. The number of morpholine rings is 1. The summed E-state index contributed by atoms with van der Waals surface area (Å²) >= 11 is 0. The number of halogens is 6. The fraction of sp³-hybridized carbons (Fsp3) is 0.548. The molecular formula is C31H36F6N4O3. The number of piperazine rings is 1. The van der Waals surface area contributed by atoms with Crippen molar-refractivity contribution in [2.24, 2.45) is 5.92 Å². The Hall–Kier alpha value is -3.32. The van der Waals surface area contributed by atoms with Gasteiger partial charge in [-0.25, -0.2) is 4.79 Å². The van der Waals surface area contributed by atoms with Crippen molar-refractivity contribution in [1.82, 2.24) is 19.6 Å². The highest BCUT2D eigenvalue weighted by Crippen LogP contribution is 2.43. The van der Waals surface area contributed by atoms with Crippen molar-refractivity contribution in [2.75, 3.05) is 53.0 Å². The summed E-state index contributed by atoms with van der Waals surface area (Å²) in [5.74, 6) is -0.236. The van der Waals surface area contributed by atoms with E-state index >= 15 is 0 Å². The Morgan fingerprint density at radius 3 is 2.18 bits per heavy atom. The van der Waals surface area contributed by atoms with Gasteiger partial charge in [0.25, 0.3) is 0 Å². The van der Waals surface area contributed by atoms with E-state index < -0.39 is 41.6 Å². The van der Waals surface area contributed by atoms with Crippen LogP contribution < -0.4 is 0 Å². The lowest BCUT2D eigenvalue weighted by atomic mass is 9.89. The van der Waals surface area contributed by atoms with Gasteiger partial charge in [0, 0.05) is 39.8 Å². The van der Waals surface area contributed by atoms with Crippen molar-refractivity contribution < 1.29 is 40.7 Å². The van der Waals surface area contributed by atoms with Crippen molar-refractivity contribution in [3.8, 4) is 0 Å². The monoisotopic (exact) mass is 626 g/mol. The number of amides is 3. The second-order valence-corrected chi connectivity index (χ2v) is 11.8. The van der Waals surface area contributed by atoms with Crippen molar-refractivity contribution in [3.63, 3.8) is 0 Å². The Morgan fingerprint density at radius 1 is 0.977 bits per heavy atom. The summed E-state index contributed by atoms with van der Waals surface area (Å²) in [6.07, 6.45) is -9.49. The van der Waals surface area contributed by atoms with E-state index in [0.717, 1.165) is 24.2 Å². The minimum atomic E-state index is -5.00. The molecule has 0 radical (unpaired) electrons. The highest BCUT2D eigenvalue weighted by molar-refractivity contribution is 5.83. The fourth-order valence-electron chi connectivity index (χ4n) is 6.62. The van der Waals surface area contributed by atoms with Gasteiger partial charge in [-0.05, 0) is 55.2 Å². The molecule has 7 nitrogen and oxygen atoms in total. The normalized spacial score (nSPS) is 23.9. The molecule has 44 heavy (non-hydrogen) atoms. The summed E-state index contributed by atoms with van der Waals surface area (Å²) in [5.41, 5.74) is -1.40. The first-order valence-corrected chi connectivity index (χ1v) is 14.7. The summed E-state index contributed by atoms with van der Waals surface area (Å²) in [5, 5.41) is 0. The van der Waals surface area contributed by atoms with Crippen LogP contribution in [0.3, 0.4) is 0 Å². The van der Waals surface area contributed by atoms with Crippen LogP contribution in [0.1, 0.15) is 53.2 Å². The molecular weight excluding hydrogens is 590 g/mol. The molecule has 0 N–H and O–H groups in total. The summed E-state index contributed by atoms with van der Waals surface area (Å²) in [6, 6.07) is 6.39. The number of urea groups is 1. The number of carbonyl (C=O) groups excluding carboxylic acids is 2. The van der Waals surface area contributed by atoms with Crippen molar-refractivity contribution >= 4 is 11.9 Å². The molecule has 3 aliphatic rings. The van der Waals surface area contributed by atoms with Crippen LogP contribution in [0, 0.1) is 12.8 Å². The highest BCUT2D eigenvalue weighted by Gasteiger charge is 2.50. The summed E-state index contributed by atoms with van der Waals surface area (Å²) in [6.45, 7) is 7.00. The highest BCUT2D eigenvalue weighted by atomic mass is 19.4. The molecule has 3 unspecified atom stereocenters. The molecule has 13 heteroatoms. The van der Waals surface area contributed by atoms with Crippen molar-refractivity contribution in [2.45, 2.75) is 50.7 Å². The number of hydrogen-bond acceptors (Lipinski definition) is 4. The number of alkyl halides is 6. The number of hydrogen-bond donors (Lipinski definition) is 0. The first kappa shape index (κ1) is 32.1. The SMILES string of the molecule is Cc1ccccc1C1C2CC(CN3CCOCC3)C(=O)N2CCN1C(=O)N(C)[C@H](C)c1cc(C(F)(F)F)cc(C(F)(F)F)c1. The van der Waals surface area contributed by atoms with E-state index in [1.807, 2.05) is 36.1 Å². The van der Waals surface area contributed by atoms with Gasteiger partial charge in [-0.2, -0.15) is 26.3 Å². The van der Waals surface area contributed by atoms with Gasteiger partial charge in [-0.1, -0.05) is 24.3 Å². The Bertz CT molecular complexity index is 1340. The van der Waals surface area contributed by atoms with Gasteiger partial charge in [-0.3, -0.25) is 9.69 Å². The van der Waals surface area contributed by atoms with Crippen LogP contribution in [0.15, 0.2) is 42.5 Å². The number of rotatable bonds is 5. The van der Waals surface area contributed by atoms with Crippen LogP contribution in [0.4, 0.5) is 31.1 Å². The minimum Gasteiger partial charge on any atom is -0.379 e. The third-order valence-electron chi connectivity index (χ3n) is 9.15. The van der Waals surface area contributed by atoms with Gasteiger partial charge in [-0.15, -0.1) is 0 Å². The van der Waals surface area contributed by atoms with E-state index in [-0.39, 0.29) is 42.6 Å². The topological polar surface area (TPSA) is 56.3 Å². The van der Waals surface area contributed by atoms with Gasteiger partial charge >= 0.3 is 18.4 Å². The number of ether oxygens (including phenoxy) is 1. The van der Waals surface area contributed by atoms with Crippen LogP contribution in [-0.4, -0.2) is 90.6 Å². The Kier molecular flexibility index (Phi) is 8.92. The lowest BCUT2D eigenvalue weighted by Crippen LogP contribution is -2.57. The maximum atomic E-state index is 14.1. The number of fused-ring (bicyclic) bond motifs is 1. The lowest BCUT2D eigenvalue weighted by molar-refractivity contribution is -0.143. The smallest absolute Gasteiger partial charge is 0.379 e. The quantitative estimate of drug-likeness (QED) is 0.397. The molecule has 2 aromatic carbocycles. The van der Waals surface area contributed by atoms with Crippen molar-refractivity contribution in [1.29, 1.82) is 0 Å². The third-order valence-corrected chi connectivity index (χ3v) is 9.15. The number of aryl methyl sites for hydroxylation is 1. The zero-order valence-corrected chi connectivity index (χ0v) is 24.8. The first-order chi connectivity index (χ1) is 20.7. The third kappa shape index (κ3) is 6.39. The standard InChI is InChI=1S/C31H36F6N4O3/c1-19-6-4-5-7-25(19)27-26-16-22(18-39-10-12-44-13-11-39)28(42)40(26)8-9-41(27)29(43)38(3)20(2)21-14-23(30(32,33)34)17-24(15-21)31(35,36)37/h4-7,14-15,17,20,22,26-27H,8-13,16,18H2,1-3H3/t20-,22?,26?,27?/m1/s1. The zero-order chi connectivity index (χ0) is 32.0. The van der Waals surface area contributed by atoms with Gasteiger partial charge < -0.3 is 19.4 Å². The molecule has 0 bridgehead atoms. The molecule has 5 rings (SSSR count). The van der Waals surface area contributed by atoms with Crippen LogP contribution in [0.2, 0.25) is 0 Å². The molecule has 0 spiro atoms. The molecule has 2 aromatic rings. The van der Waals surface area contributed by atoms with Crippen molar-refractivity contribution in [3.05, 3.63) is 70.3 Å². The van der Waals surface area contributed by atoms with E-state index in [1.165, 1.54) is 18.9 Å². The summed E-state index contributed by atoms with van der Waals surface area (Å²) in [7, 11) is 1.38. The molecule has 3 heterocycles. The van der Waals surface area contributed by atoms with Crippen LogP contribution >= 0.6 is 0 Å². The number of benzene rings is 2. The van der Waals surface area contributed by atoms with Gasteiger partial charge in [0.05, 0.1) is 48.4 Å². The van der Waals surface area contributed by atoms with E-state index in [0.29, 0.717) is 38.3 Å². The largest absolute Gasteiger partial charge is 0.416 e. The number of nitrogens with zero attached hydrogens (tertiary/aromatic N) is 4. The van der Waals surface area contributed by atoms with E-state index in [2.05, 4.69) is 4.90 Å². The Balaban J connectivity index is 1.45. The minimum absolute atomic E-state index is 0.0255. The van der Waals surface area contributed by atoms with E-state index in [9.17, 15) is 35.9 Å². The fourth-order valence-corrected chi connectivity index (χ4v) is 6.62. The molecule has 0 aromatic heterocycles. The van der Waals surface area contributed by atoms with Gasteiger partial charge in [0.1, 0.15) is 0 Å². The first-order valence-electron chi connectivity index (χ1n) is 14.7. The van der Waals surface area contributed by atoms with Crippen LogP contribution in [0.25, 0.3) is 0 Å². The Labute approximate surface area is 252 Å². The van der Waals surface area contributed by atoms with Crippen LogP contribution in [-0.2, 0) is 21.9 Å². The summed E-state index contributed by atoms with van der Waals surface area (Å²) < 4.78 is 86.8. The predicted molar refractivity (Wildman–Crippen MR) is 150 cm³/mol. The lowest BCUT2D eigenvalue weighted by Gasteiger charge is -2.47. The maximum absolute atomic E-state index is 14.1. The van der Waals surface area contributed by atoms with Crippen LogP contribution in [0.5, 0.6) is 0 Å². The maximum Gasteiger partial charge on any atom is 0.416 e. The Morgan fingerprint density at radius 2 is 1.59 bits per heavy atom. The average molecular weight is 627 g/mol. The van der Waals surface area contributed by atoms with E-state index in [4.69, 9.17) is 4.74 Å². The predicted octanol–water partition coefficient (Wildman–Crippen LogP) is 5.75. The molecule has 3 amide bonds. The zero-order valence-electron chi connectivity index (χ0n) is 24.8. The number of carbonyl (C=O) groups is 2. The molecule has 240 valence electrons. The van der Waals surface area contributed by atoms with E-state index in [1.54, 1.807) is 4.90 Å². The molecule has 4 atom stereocenters. The molecule has 3 saturated heterocycles.